The van der Waals surface area contributed by atoms with Crippen molar-refractivity contribution in [3.05, 3.63) is 119 Å². The molecule has 4 aromatic heterocycles. The molecule has 0 saturated carbocycles. The number of para-hydroxylation sites is 2. The molecule has 12 rings (SSSR count). The second-order valence-corrected chi connectivity index (χ2v) is 12.4. The van der Waals surface area contributed by atoms with E-state index in [1.807, 2.05) is 0 Å². The first-order valence-corrected chi connectivity index (χ1v) is 14.6. The van der Waals surface area contributed by atoms with Crippen molar-refractivity contribution in [2.75, 3.05) is 0 Å². The topological polar surface area (TPSA) is 26.8 Å². The summed E-state index contributed by atoms with van der Waals surface area (Å²) in [5.41, 5.74) is 11.7. The highest BCUT2D eigenvalue weighted by Crippen LogP contribution is 2.58. The Bertz CT molecular complexity index is 2500. The van der Waals surface area contributed by atoms with Crippen LogP contribution in [0.2, 0.25) is 0 Å². The number of pyridine rings is 2. The van der Waals surface area contributed by atoms with Crippen molar-refractivity contribution in [1.82, 2.24) is 9.13 Å². The summed E-state index contributed by atoms with van der Waals surface area (Å²) in [6.07, 6.45) is 0. The molecule has 4 aliphatic heterocycles. The van der Waals surface area contributed by atoms with E-state index in [0.29, 0.717) is 0 Å². The zero-order valence-corrected chi connectivity index (χ0v) is 22.9. The second-order valence-electron chi connectivity index (χ2n) is 12.4. The summed E-state index contributed by atoms with van der Waals surface area (Å²) < 4.78 is 17.2. The molecule has 194 valence electrons. The van der Waals surface area contributed by atoms with Crippen LogP contribution in [-0.4, -0.2) is 9.13 Å². The predicted octanol–water partition coefficient (Wildman–Crippen LogP) is 7.08. The van der Waals surface area contributed by atoms with Gasteiger partial charge in [-0.2, -0.15) is 18.3 Å². The van der Waals surface area contributed by atoms with Crippen molar-refractivity contribution >= 4 is 43.6 Å². The molecular formula is C37H22N4O+2. The van der Waals surface area contributed by atoms with Crippen molar-refractivity contribution < 1.29 is 13.9 Å². The van der Waals surface area contributed by atoms with Gasteiger partial charge in [0.05, 0.1) is 0 Å². The van der Waals surface area contributed by atoms with Crippen molar-refractivity contribution in [3.63, 3.8) is 0 Å². The van der Waals surface area contributed by atoms with Crippen LogP contribution >= 0.6 is 0 Å². The van der Waals surface area contributed by atoms with Crippen LogP contribution in [0.1, 0.15) is 22.3 Å². The third kappa shape index (κ3) is 1.81. The summed E-state index contributed by atoms with van der Waals surface area (Å²) in [6.45, 7) is 4.45. The Morgan fingerprint density at radius 1 is 0.548 bits per heavy atom. The molecule has 0 aliphatic carbocycles. The Morgan fingerprint density at radius 2 is 1.02 bits per heavy atom. The lowest BCUT2D eigenvalue weighted by atomic mass is 9.82. The third-order valence-electron chi connectivity index (χ3n) is 10.3. The van der Waals surface area contributed by atoms with Gasteiger partial charge in [0.1, 0.15) is 33.7 Å². The second kappa shape index (κ2) is 6.09. The Kier molecular flexibility index (Phi) is 2.97. The van der Waals surface area contributed by atoms with Crippen LogP contribution in [0.15, 0.2) is 97.1 Å². The van der Waals surface area contributed by atoms with E-state index in [9.17, 15) is 0 Å². The summed E-state index contributed by atoms with van der Waals surface area (Å²) in [5, 5.41) is 5.07. The van der Waals surface area contributed by atoms with E-state index >= 15 is 0 Å². The number of hydrogen-bond acceptors (Lipinski definition) is 1. The fourth-order valence-corrected chi connectivity index (χ4v) is 9.00. The molecule has 4 aromatic carbocycles. The van der Waals surface area contributed by atoms with E-state index in [1.54, 1.807) is 0 Å². The molecule has 8 aromatic rings. The minimum Gasteiger partial charge on any atom is -0.456 e. The van der Waals surface area contributed by atoms with Crippen molar-refractivity contribution in [2.45, 2.75) is 19.5 Å². The Morgan fingerprint density at radius 3 is 1.52 bits per heavy atom. The Labute approximate surface area is 239 Å². The molecule has 0 bridgehead atoms. The molecular weight excluding hydrogens is 516 g/mol. The SMILES string of the molecule is Cc1cc2[n+]3c(c1)-n1c4ccccc4c4ccc5c(c41)C31c3c(ccc4c6ccccc6n(c34)-c3cc(C)cc-2[n+]31)O5. The number of rotatable bonds is 0. The minimum absolute atomic E-state index is 0.618. The quantitative estimate of drug-likeness (QED) is 0.190. The zero-order chi connectivity index (χ0) is 27.2. The van der Waals surface area contributed by atoms with Crippen LogP contribution in [0, 0.1) is 13.8 Å². The molecule has 4 aliphatic rings. The molecule has 5 nitrogen and oxygen atoms in total. The van der Waals surface area contributed by atoms with Gasteiger partial charge in [0.15, 0.2) is 22.4 Å². The number of fused-ring (bicyclic) bond motifs is 9. The third-order valence-corrected chi connectivity index (χ3v) is 10.3. The fourth-order valence-electron chi connectivity index (χ4n) is 9.00. The highest BCUT2D eigenvalue weighted by molar-refractivity contribution is 6.14. The molecule has 0 radical (unpaired) electrons. The number of ether oxygens (including phenoxy) is 1. The zero-order valence-electron chi connectivity index (χ0n) is 22.9. The molecule has 0 amide bonds. The van der Waals surface area contributed by atoms with Gasteiger partial charge in [0.2, 0.25) is 0 Å². The molecule has 0 unspecified atom stereocenters. The minimum atomic E-state index is -0.618. The lowest BCUT2D eigenvalue weighted by molar-refractivity contribution is -0.934. The highest BCUT2D eigenvalue weighted by atomic mass is 16.5. The van der Waals surface area contributed by atoms with Gasteiger partial charge >= 0.3 is 5.66 Å². The predicted molar refractivity (Wildman–Crippen MR) is 162 cm³/mol. The first kappa shape index (κ1) is 20.5. The smallest absolute Gasteiger partial charge is 0.323 e. The van der Waals surface area contributed by atoms with Gasteiger partial charge < -0.3 is 4.74 Å². The van der Waals surface area contributed by atoms with Gasteiger partial charge in [-0.05, 0) is 85.6 Å². The van der Waals surface area contributed by atoms with Crippen LogP contribution in [-0.2, 0) is 5.66 Å². The van der Waals surface area contributed by atoms with E-state index in [0.717, 1.165) is 11.5 Å². The molecule has 0 saturated heterocycles. The van der Waals surface area contributed by atoms with Gasteiger partial charge in [-0.15, -0.1) is 0 Å². The summed E-state index contributed by atoms with van der Waals surface area (Å²) in [5.74, 6) is 4.25. The Balaban J connectivity index is 1.47. The molecule has 5 heteroatoms. The Hall–Kier alpha value is -5.42. The average molecular weight is 539 g/mol. The number of aromatic nitrogens is 4. The summed E-state index contributed by atoms with van der Waals surface area (Å²) in [4.78, 5) is 0. The highest BCUT2D eigenvalue weighted by Gasteiger charge is 2.69. The summed E-state index contributed by atoms with van der Waals surface area (Å²) in [6, 6.07) is 36.1. The van der Waals surface area contributed by atoms with Gasteiger partial charge in [-0.25, -0.2) is 0 Å². The normalized spacial score (nSPS) is 15.3. The first-order valence-electron chi connectivity index (χ1n) is 14.6. The lowest BCUT2D eigenvalue weighted by Gasteiger charge is -2.38. The van der Waals surface area contributed by atoms with Crippen LogP contribution in [0.25, 0.3) is 66.6 Å². The van der Waals surface area contributed by atoms with E-state index in [-0.39, 0.29) is 0 Å². The van der Waals surface area contributed by atoms with Crippen LogP contribution in [0.5, 0.6) is 11.5 Å². The number of aryl methyl sites for hydroxylation is 2. The maximum Gasteiger partial charge on any atom is 0.323 e. The van der Waals surface area contributed by atoms with E-state index in [2.05, 4.69) is 129 Å². The van der Waals surface area contributed by atoms with Gasteiger partial charge in [-0.3, -0.25) is 0 Å². The van der Waals surface area contributed by atoms with E-state index < -0.39 is 5.66 Å². The number of hydrogen-bond donors (Lipinski definition) is 0. The van der Waals surface area contributed by atoms with Crippen molar-refractivity contribution in [2.24, 2.45) is 0 Å². The maximum atomic E-state index is 6.94. The van der Waals surface area contributed by atoms with Crippen LogP contribution < -0.4 is 13.9 Å². The molecule has 8 heterocycles. The van der Waals surface area contributed by atoms with Gasteiger partial charge in [0, 0.05) is 33.7 Å². The molecule has 1 spiro atoms. The van der Waals surface area contributed by atoms with Crippen molar-refractivity contribution in [3.8, 4) is 34.5 Å². The maximum absolute atomic E-state index is 6.94. The van der Waals surface area contributed by atoms with Crippen LogP contribution in [0.3, 0.4) is 0 Å². The van der Waals surface area contributed by atoms with Gasteiger partial charge in [-0.1, -0.05) is 24.3 Å². The van der Waals surface area contributed by atoms with Crippen LogP contribution in [0.4, 0.5) is 0 Å². The van der Waals surface area contributed by atoms with E-state index in [4.69, 9.17) is 4.74 Å². The number of nitrogens with zero attached hydrogens (tertiary/aromatic N) is 4. The average Bonchev–Trinajstić information content (AvgIpc) is 3.62. The lowest BCUT2D eigenvalue weighted by Crippen LogP contribution is -2.75. The molecule has 42 heavy (non-hydrogen) atoms. The first-order chi connectivity index (χ1) is 20.7. The number of benzene rings is 4. The largest absolute Gasteiger partial charge is 0.456 e. The summed E-state index contributed by atoms with van der Waals surface area (Å²) in [7, 11) is 0. The van der Waals surface area contributed by atoms with Crippen molar-refractivity contribution in [1.29, 1.82) is 0 Å². The van der Waals surface area contributed by atoms with E-state index in [1.165, 1.54) is 88.9 Å². The standard InChI is InChI=1S/C37H22N4O/c1-19-15-27-28-16-20(2)18-32-39-26-10-6-4-8-22(26)24-12-14-30-34(36(24)39)37(41(28)32)33-29(42-30)13-11-23-21-7-3-5-9-25(21)38(35(23)33)31(17-19)40(27)37/h3-18H,1-2H3/q+2. The fraction of sp³-hybridized carbons (Fsp3) is 0.0811. The van der Waals surface area contributed by atoms with Gasteiger partial charge in [0.25, 0.3) is 11.6 Å². The monoisotopic (exact) mass is 538 g/mol. The molecule has 0 atom stereocenters. The molecule has 0 N–H and O–H groups in total. The molecule has 0 fully saturated rings. The summed E-state index contributed by atoms with van der Waals surface area (Å²) >= 11 is 0.